The van der Waals surface area contributed by atoms with Gasteiger partial charge in [-0.15, -0.1) is 0 Å². The van der Waals surface area contributed by atoms with Crippen LogP contribution in [0, 0.1) is 11.8 Å². The van der Waals surface area contributed by atoms with Crippen molar-refractivity contribution in [2.24, 2.45) is 11.8 Å². The van der Waals surface area contributed by atoms with E-state index in [4.69, 9.17) is 19.4 Å². The predicted octanol–water partition coefficient (Wildman–Crippen LogP) is 3.32. The number of methoxy groups -OCH3 is 1. The molecule has 0 bridgehead atoms. The van der Waals surface area contributed by atoms with Crippen LogP contribution >= 0.6 is 0 Å². The minimum absolute atomic E-state index is 0.124. The van der Waals surface area contributed by atoms with Crippen molar-refractivity contribution in [3.05, 3.63) is 47.7 Å². The normalized spacial score (nSPS) is 20.5. The van der Waals surface area contributed by atoms with E-state index in [0.29, 0.717) is 23.4 Å². The quantitative estimate of drug-likeness (QED) is 0.496. The van der Waals surface area contributed by atoms with Crippen molar-refractivity contribution in [3.8, 4) is 5.88 Å². The molecule has 1 saturated carbocycles. The number of anilines is 1. The first kappa shape index (κ1) is 25.2. The number of carbonyl (C=O) groups is 2. The summed E-state index contributed by atoms with van der Waals surface area (Å²) < 4.78 is 69.9. The van der Waals surface area contributed by atoms with Crippen LogP contribution in [0.1, 0.15) is 34.2 Å². The van der Waals surface area contributed by atoms with Crippen molar-refractivity contribution in [2.45, 2.75) is 18.5 Å². The van der Waals surface area contributed by atoms with E-state index in [1.165, 1.54) is 25.3 Å². The van der Waals surface area contributed by atoms with Gasteiger partial charge in [-0.05, 0) is 24.0 Å². The summed E-state index contributed by atoms with van der Waals surface area (Å²) in [6, 6.07) is 3.89. The highest BCUT2D eigenvalue weighted by atomic mass is 19.4. The Bertz CT molecular complexity index is 1290. The number of pyridine rings is 1. The first-order valence-corrected chi connectivity index (χ1v) is 10.4. The second-order valence-corrected chi connectivity index (χ2v) is 7.93. The van der Waals surface area contributed by atoms with Gasteiger partial charge < -0.3 is 19.9 Å². The number of rotatable bonds is 5. The fraction of sp³-hybridized carbons (Fsp3) is 0.381. The number of aromatic nitrogens is 4. The SMILES string of the molecule is COc1nc(NC(=O)c2cccc(C(F)F)n2)cn2cc(C3C4COCC43)nc12.O=C(O)C(F)(F)F. The van der Waals surface area contributed by atoms with E-state index in [2.05, 4.69) is 20.3 Å². The summed E-state index contributed by atoms with van der Waals surface area (Å²) >= 11 is 0. The number of halogens is 5. The molecule has 2 unspecified atom stereocenters. The summed E-state index contributed by atoms with van der Waals surface area (Å²) in [4.78, 5) is 33.9. The van der Waals surface area contributed by atoms with Crippen molar-refractivity contribution in [2.75, 3.05) is 25.6 Å². The fourth-order valence-corrected chi connectivity index (χ4v) is 3.91. The Labute approximate surface area is 199 Å². The summed E-state index contributed by atoms with van der Waals surface area (Å²) in [6.07, 6.45) is -4.33. The third kappa shape index (κ3) is 5.19. The predicted molar refractivity (Wildman–Crippen MR) is 111 cm³/mol. The number of hydrogen-bond donors (Lipinski definition) is 2. The number of carbonyl (C=O) groups excluding carboxylic acids is 1. The molecule has 10 nitrogen and oxygen atoms in total. The summed E-state index contributed by atoms with van der Waals surface area (Å²) in [6.45, 7) is 1.51. The zero-order chi connectivity index (χ0) is 26.2. The number of nitrogens with one attached hydrogen (secondary N) is 1. The van der Waals surface area contributed by atoms with Crippen LogP contribution < -0.4 is 10.1 Å². The van der Waals surface area contributed by atoms with Crippen LogP contribution in [0.5, 0.6) is 5.88 Å². The lowest BCUT2D eigenvalue weighted by atomic mass is 10.2. The van der Waals surface area contributed by atoms with Crippen molar-refractivity contribution < 1.29 is 46.1 Å². The van der Waals surface area contributed by atoms with Crippen LogP contribution in [0.3, 0.4) is 0 Å². The molecule has 2 N–H and O–H groups in total. The molecule has 15 heteroatoms. The number of carboxylic acids is 1. The van der Waals surface area contributed by atoms with E-state index < -0.39 is 30.2 Å². The van der Waals surface area contributed by atoms with Gasteiger partial charge in [0.2, 0.25) is 5.65 Å². The molecule has 36 heavy (non-hydrogen) atoms. The second-order valence-electron chi connectivity index (χ2n) is 7.93. The molecule has 1 amide bonds. The van der Waals surface area contributed by atoms with Crippen molar-refractivity contribution in [1.29, 1.82) is 0 Å². The molecule has 2 atom stereocenters. The Balaban J connectivity index is 0.000000384. The molecule has 0 spiro atoms. The molecule has 0 radical (unpaired) electrons. The van der Waals surface area contributed by atoms with Crippen molar-refractivity contribution in [3.63, 3.8) is 0 Å². The number of ether oxygens (including phenoxy) is 2. The van der Waals surface area contributed by atoms with Crippen LogP contribution in [0.15, 0.2) is 30.6 Å². The number of nitrogens with zero attached hydrogens (tertiary/aromatic N) is 4. The maximum absolute atomic E-state index is 12.8. The van der Waals surface area contributed by atoms with E-state index in [9.17, 15) is 26.7 Å². The maximum atomic E-state index is 12.8. The largest absolute Gasteiger partial charge is 0.490 e. The molecule has 0 aromatic carbocycles. The number of fused-ring (bicyclic) bond motifs is 2. The Morgan fingerprint density at radius 3 is 2.42 bits per heavy atom. The molecule has 1 aliphatic heterocycles. The highest BCUT2D eigenvalue weighted by Gasteiger charge is 2.55. The molecule has 1 aliphatic carbocycles. The van der Waals surface area contributed by atoms with E-state index in [-0.39, 0.29) is 17.4 Å². The van der Waals surface area contributed by atoms with E-state index in [1.54, 1.807) is 10.6 Å². The van der Waals surface area contributed by atoms with Crippen LogP contribution in [-0.4, -0.2) is 62.8 Å². The molecule has 192 valence electrons. The number of hydrogen-bond acceptors (Lipinski definition) is 7. The average Bonchev–Trinajstić information content (AvgIpc) is 3.14. The summed E-state index contributed by atoms with van der Waals surface area (Å²) in [5.74, 6) is -1.56. The Morgan fingerprint density at radius 2 is 1.83 bits per heavy atom. The van der Waals surface area contributed by atoms with Crippen LogP contribution in [0.4, 0.5) is 27.8 Å². The smallest absolute Gasteiger partial charge is 0.478 e. The van der Waals surface area contributed by atoms with Gasteiger partial charge in [0.15, 0.2) is 5.82 Å². The zero-order valence-corrected chi connectivity index (χ0v) is 18.4. The summed E-state index contributed by atoms with van der Waals surface area (Å²) in [7, 11) is 1.47. The number of carboxylic acid groups (broad SMARTS) is 1. The highest BCUT2D eigenvalue weighted by Crippen LogP contribution is 2.57. The topological polar surface area (TPSA) is 128 Å². The lowest BCUT2D eigenvalue weighted by Crippen LogP contribution is -2.21. The first-order valence-electron chi connectivity index (χ1n) is 10.4. The minimum atomic E-state index is -5.08. The van der Waals surface area contributed by atoms with Crippen molar-refractivity contribution >= 4 is 23.3 Å². The van der Waals surface area contributed by atoms with Crippen molar-refractivity contribution in [1.82, 2.24) is 19.4 Å². The Morgan fingerprint density at radius 1 is 1.17 bits per heavy atom. The van der Waals surface area contributed by atoms with Gasteiger partial charge >= 0.3 is 12.1 Å². The van der Waals surface area contributed by atoms with Crippen LogP contribution in [0.25, 0.3) is 5.65 Å². The lowest BCUT2D eigenvalue weighted by molar-refractivity contribution is -0.192. The standard InChI is InChI=1S/C19H17F2N5O3.C2HF3O2/c1-28-19-17-23-13(15-9-7-29-8-10(9)15)5-26(17)6-14(25-19)24-18(27)12-4-2-3-11(22-12)16(20)21;3-2(4,5)1(6)7/h2-6,9-10,15-16H,7-8H2,1H3,(H,24,27);(H,6,7). The average molecular weight is 515 g/mol. The summed E-state index contributed by atoms with van der Waals surface area (Å²) in [5, 5.41) is 9.70. The van der Waals surface area contributed by atoms with Gasteiger partial charge in [0.25, 0.3) is 18.2 Å². The van der Waals surface area contributed by atoms with Gasteiger partial charge in [-0.3, -0.25) is 9.20 Å². The number of amides is 1. The van der Waals surface area contributed by atoms with E-state index >= 15 is 0 Å². The number of aliphatic carboxylic acids is 1. The lowest BCUT2D eigenvalue weighted by Gasteiger charge is -2.08. The molecule has 3 aromatic rings. The highest BCUT2D eigenvalue weighted by molar-refractivity contribution is 6.02. The summed E-state index contributed by atoms with van der Waals surface area (Å²) in [5.41, 5.74) is 0.903. The molecule has 2 aliphatic rings. The minimum Gasteiger partial charge on any atom is -0.478 e. The Kier molecular flexibility index (Phi) is 6.75. The molecule has 1 saturated heterocycles. The molecule has 2 fully saturated rings. The molecule has 5 rings (SSSR count). The van der Waals surface area contributed by atoms with E-state index in [1.807, 2.05) is 6.20 Å². The molecule has 4 heterocycles. The van der Waals surface area contributed by atoms with Gasteiger partial charge in [0, 0.05) is 12.1 Å². The van der Waals surface area contributed by atoms with Gasteiger partial charge in [-0.2, -0.15) is 18.2 Å². The first-order chi connectivity index (χ1) is 17.0. The van der Waals surface area contributed by atoms with Crippen LogP contribution in [-0.2, 0) is 9.53 Å². The number of imidazole rings is 1. The van der Waals surface area contributed by atoms with Gasteiger partial charge in [-0.25, -0.2) is 23.5 Å². The van der Waals surface area contributed by atoms with E-state index in [0.717, 1.165) is 18.9 Å². The maximum Gasteiger partial charge on any atom is 0.490 e. The molecular formula is C21H18F5N5O5. The second kappa shape index (κ2) is 9.64. The zero-order valence-electron chi connectivity index (χ0n) is 18.4. The van der Waals surface area contributed by atoms with Gasteiger partial charge in [0.05, 0.1) is 32.2 Å². The third-order valence-corrected chi connectivity index (χ3v) is 5.62. The Hall–Kier alpha value is -3.88. The number of alkyl halides is 5. The van der Waals surface area contributed by atoms with Gasteiger partial charge in [-0.1, -0.05) is 6.07 Å². The van der Waals surface area contributed by atoms with Crippen LogP contribution in [0.2, 0.25) is 0 Å². The monoisotopic (exact) mass is 515 g/mol. The molecular weight excluding hydrogens is 497 g/mol. The molecule has 3 aromatic heterocycles. The fourth-order valence-electron chi connectivity index (χ4n) is 3.91. The van der Waals surface area contributed by atoms with Gasteiger partial charge in [0.1, 0.15) is 11.4 Å². The third-order valence-electron chi connectivity index (χ3n) is 5.62.